The number of hydrogen-bond acceptors (Lipinski definition) is 3. The van der Waals surface area contributed by atoms with Gasteiger partial charge in [-0.05, 0) is 24.3 Å². The van der Waals surface area contributed by atoms with Crippen molar-refractivity contribution in [1.82, 2.24) is 5.32 Å². The first-order valence-corrected chi connectivity index (χ1v) is 6.52. The fourth-order valence-corrected chi connectivity index (χ4v) is 2.08. The first-order valence-electron chi connectivity index (χ1n) is 6.52. The van der Waals surface area contributed by atoms with Gasteiger partial charge in [0.15, 0.2) is 5.84 Å². The van der Waals surface area contributed by atoms with Crippen molar-refractivity contribution in [2.45, 2.75) is 32.2 Å². The molecular weight excluding hydrogens is 242 g/mol. The van der Waals surface area contributed by atoms with Gasteiger partial charge in [-0.3, -0.25) is 4.79 Å². The van der Waals surface area contributed by atoms with Crippen LogP contribution in [0.15, 0.2) is 29.4 Å². The van der Waals surface area contributed by atoms with Crippen molar-refractivity contribution in [3.8, 4) is 0 Å². The second-order valence-corrected chi connectivity index (χ2v) is 4.96. The molecule has 0 spiro atoms. The normalized spacial score (nSPS) is 15.9. The van der Waals surface area contributed by atoms with Crippen LogP contribution in [0, 0.1) is 5.92 Å². The van der Waals surface area contributed by atoms with Gasteiger partial charge in [-0.15, -0.1) is 0 Å². The van der Waals surface area contributed by atoms with E-state index in [0.717, 1.165) is 5.56 Å². The number of carbonyl (C=O) groups excluding carboxylic acids is 1. The highest BCUT2D eigenvalue weighted by atomic mass is 16.4. The Morgan fingerprint density at radius 2 is 2.05 bits per heavy atom. The third-order valence-corrected chi connectivity index (χ3v) is 3.55. The monoisotopic (exact) mass is 261 g/mol. The number of nitrogens with zero attached hydrogens (tertiary/aromatic N) is 1. The smallest absolute Gasteiger partial charge is 0.220 e. The molecule has 0 aliphatic heterocycles. The number of hydrogen-bond donors (Lipinski definition) is 3. The van der Waals surface area contributed by atoms with Crippen LogP contribution in [0.5, 0.6) is 0 Å². The quantitative estimate of drug-likeness (QED) is 0.325. The SMILES string of the molecule is N/C(=N/O)c1ccc(CNC(=O)CC2CCC2)cc1. The summed E-state index contributed by atoms with van der Waals surface area (Å²) in [5.74, 6) is 0.786. The Hall–Kier alpha value is -2.04. The van der Waals surface area contributed by atoms with Crippen LogP contribution in [-0.2, 0) is 11.3 Å². The van der Waals surface area contributed by atoms with Gasteiger partial charge >= 0.3 is 0 Å². The van der Waals surface area contributed by atoms with Crippen LogP contribution in [0.4, 0.5) is 0 Å². The molecule has 0 unspecified atom stereocenters. The predicted octanol–water partition coefficient (Wildman–Crippen LogP) is 1.59. The molecule has 2 rings (SSSR count). The summed E-state index contributed by atoms with van der Waals surface area (Å²) >= 11 is 0. The molecule has 4 N–H and O–H groups in total. The number of oxime groups is 1. The third-order valence-electron chi connectivity index (χ3n) is 3.55. The summed E-state index contributed by atoms with van der Waals surface area (Å²) in [5.41, 5.74) is 7.13. The van der Waals surface area contributed by atoms with Crippen molar-refractivity contribution in [2.24, 2.45) is 16.8 Å². The van der Waals surface area contributed by atoms with Gasteiger partial charge in [0.2, 0.25) is 5.91 Å². The van der Waals surface area contributed by atoms with E-state index in [2.05, 4.69) is 10.5 Å². The first-order chi connectivity index (χ1) is 9.19. The molecular formula is C14H19N3O2. The molecule has 0 bridgehead atoms. The van der Waals surface area contributed by atoms with Crippen LogP contribution >= 0.6 is 0 Å². The summed E-state index contributed by atoms with van der Waals surface area (Å²) in [4.78, 5) is 11.7. The molecule has 19 heavy (non-hydrogen) atoms. The van der Waals surface area contributed by atoms with E-state index < -0.39 is 0 Å². The fraction of sp³-hybridized carbons (Fsp3) is 0.429. The van der Waals surface area contributed by atoms with Crippen molar-refractivity contribution in [1.29, 1.82) is 0 Å². The lowest BCUT2D eigenvalue weighted by atomic mass is 9.83. The Morgan fingerprint density at radius 1 is 1.37 bits per heavy atom. The Balaban J connectivity index is 1.80. The van der Waals surface area contributed by atoms with Gasteiger partial charge in [0.05, 0.1) is 0 Å². The van der Waals surface area contributed by atoms with Crippen molar-refractivity contribution in [3.05, 3.63) is 35.4 Å². The highest BCUT2D eigenvalue weighted by molar-refractivity contribution is 5.96. The van der Waals surface area contributed by atoms with E-state index >= 15 is 0 Å². The minimum atomic E-state index is 0.0839. The first kappa shape index (κ1) is 13.4. The molecule has 5 nitrogen and oxygen atoms in total. The molecule has 1 aliphatic rings. The standard InChI is InChI=1S/C14H19N3O2/c15-14(17-19)12-6-4-11(5-7-12)9-16-13(18)8-10-2-1-3-10/h4-7,10,19H,1-3,8-9H2,(H2,15,17)(H,16,18). The molecule has 1 saturated carbocycles. The van der Waals surface area contributed by atoms with E-state index in [9.17, 15) is 4.79 Å². The van der Waals surface area contributed by atoms with Crippen LogP contribution < -0.4 is 11.1 Å². The molecule has 1 aromatic carbocycles. The number of nitrogens with two attached hydrogens (primary N) is 1. The van der Waals surface area contributed by atoms with Crippen LogP contribution in [0.1, 0.15) is 36.8 Å². The highest BCUT2D eigenvalue weighted by Crippen LogP contribution is 2.29. The van der Waals surface area contributed by atoms with E-state index in [1.165, 1.54) is 19.3 Å². The number of rotatable bonds is 5. The topological polar surface area (TPSA) is 87.7 Å². The lowest BCUT2D eigenvalue weighted by Crippen LogP contribution is -2.27. The van der Waals surface area contributed by atoms with E-state index in [-0.39, 0.29) is 11.7 Å². The zero-order valence-electron chi connectivity index (χ0n) is 10.8. The Morgan fingerprint density at radius 3 is 2.58 bits per heavy atom. The van der Waals surface area contributed by atoms with Gasteiger partial charge in [0, 0.05) is 18.5 Å². The molecule has 1 aromatic rings. The fourth-order valence-electron chi connectivity index (χ4n) is 2.08. The molecule has 0 aromatic heterocycles. The second-order valence-electron chi connectivity index (χ2n) is 4.96. The summed E-state index contributed by atoms with van der Waals surface area (Å²) in [5, 5.41) is 14.4. The average molecular weight is 261 g/mol. The third kappa shape index (κ3) is 3.71. The van der Waals surface area contributed by atoms with Crippen molar-refractivity contribution < 1.29 is 10.0 Å². The maximum absolute atomic E-state index is 11.7. The lowest BCUT2D eigenvalue weighted by molar-refractivity contribution is -0.122. The van der Waals surface area contributed by atoms with Gasteiger partial charge in [-0.2, -0.15) is 0 Å². The van der Waals surface area contributed by atoms with Gasteiger partial charge in [0.1, 0.15) is 0 Å². The number of benzene rings is 1. The van der Waals surface area contributed by atoms with E-state index in [1.54, 1.807) is 12.1 Å². The minimum Gasteiger partial charge on any atom is -0.409 e. The zero-order chi connectivity index (χ0) is 13.7. The molecule has 1 fully saturated rings. The van der Waals surface area contributed by atoms with E-state index in [1.807, 2.05) is 12.1 Å². The maximum atomic E-state index is 11.7. The number of amides is 1. The summed E-state index contributed by atoms with van der Waals surface area (Å²) in [7, 11) is 0. The predicted molar refractivity (Wildman–Crippen MR) is 72.8 cm³/mol. The Labute approximate surface area is 112 Å². The second kappa shape index (κ2) is 6.22. The highest BCUT2D eigenvalue weighted by Gasteiger charge is 2.20. The molecule has 0 radical (unpaired) electrons. The van der Waals surface area contributed by atoms with Gasteiger partial charge in [0.25, 0.3) is 0 Å². The Bertz CT molecular complexity index is 464. The molecule has 0 heterocycles. The average Bonchev–Trinajstić information content (AvgIpc) is 2.40. The number of nitrogens with one attached hydrogen (secondary N) is 1. The summed E-state index contributed by atoms with van der Waals surface area (Å²) in [6, 6.07) is 7.25. The zero-order valence-corrected chi connectivity index (χ0v) is 10.8. The number of carbonyl (C=O) groups is 1. The Kier molecular flexibility index (Phi) is 4.39. The largest absolute Gasteiger partial charge is 0.409 e. The molecule has 1 aliphatic carbocycles. The van der Waals surface area contributed by atoms with Crippen molar-refractivity contribution in [3.63, 3.8) is 0 Å². The van der Waals surface area contributed by atoms with Crippen LogP contribution in [0.25, 0.3) is 0 Å². The molecule has 0 saturated heterocycles. The summed E-state index contributed by atoms with van der Waals surface area (Å²) in [6.07, 6.45) is 4.26. The number of amidine groups is 1. The van der Waals surface area contributed by atoms with Gasteiger partial charge < -0.3 is 16.3 Å². The van der Waals surface area contributed by atoms with Crippen molar-refractivity contribution in [2.75, 3.05) is 0 Å². The molecule has 1 amide bonds. The van der Waals surface area contributed by atoms with Crippen molar-refractivity contribution >= 4 is 11.7 Å². The molecule has 0 atom stereocenters. The van der Waals surface area contributed by atoms with Crippen LogP contribution in [0.2, 0.25) is 0 Å². The van der Waals surface area contributed by atoms with Gasteiger partial charge in [-0.25, -0.2) is 0 Å². The maximum Gasteiger partial charge on any atom is 0.220 e. The minimum absolute atomic E-state index is 0.0839. The lowest BCUT2D eigenvalue weighted by Gasteiger charge is -2.24. The summed E-state index contributed by atoms with van der Waals surface area (Å²) in [6.45, 7) is 0.516. The van der Waals surface area contributed by atoms with E-state index in [0.29, 0.717) is 24.4 Å². The van der Waals surface area contributed by atoms with Crippen LogP contribution in [0.3, 0.4) is 0 Å². The molecule has 102 valence electrons. The van der Waals surface area contributed by atoms with E-state index in [4.69, 9.17) is 10.9 Å². The summed E-state index contributed by atoms with van der Waals surface area (Å²) < 4.78 is 0. The molecule has 5 heteroatoms. The van der Waals surface area contributed by atoms with Crippen LogP contribution in [-0.4, -0.2) is 17.0 Å². The van der Waals surface area contributed by atoms with Gasteiger partial charge in [-0.1, -0.05) is 35.8 Å².